The first kappa shape index (κ1) is 26.6. The minimum Gasteiger partial charge on any atom is -0.444 e. The van der Waals surface area contributed by atoms with Crippen LogP contribution in [0.15, 0.2) is 30.5 Å². The second-order valence-corrected chi connectivity index (χ2v) is 10.7. The molecule has 4 rings (SSSR count). The summed E-state index contributed by atoms with van der Waals surface area (Å²) in [6, 6.07) is 8.80. The smallest absolute Gasteiger partial charge is 0.410 e. The molecule has 4 atom stereocenters. The average molecular weight is 512 g/mol. The van der Waals surface area contributed by atoms with Crippen molar-refractivity contribution in [1.82, 2.24) is 15.2 Å². The number of aromatic nitrogens is 1. The first-order chi connectivity index (χ1) is 17.5. The Labute approximate surface area is 216 Å². The fourth-order valence-electron chi connectivity index (χ4n) is 4.90. The molecule has 2 unspecified atom stereocenters. The fourth-order valence-corrected chi connectivity index (χ4v) is 4.90. The Morgan fingerprint density at radius 3 is 2.78 bits per heavy atom. The van der Waals surface area contributed by atoms with Crippen LogP contribution >= 0.6 is 0 Å². The van der Waals surface area contributed by atoms with Crippen molar-refractivity contribution >= 4 is 28.6 Å². The van der Waals surface area contributed by atoms with E-state index in [2.05, 4.69) is 21.3 Å². The number of anilines is 1. The van der Waals surface area contributed by atoms with Crippen molar-refractivity contribution in [1.29, 1.82) is 5.26 Å². The zero-order valence-electron chi connectivity index (χ0n) is 21.7. The zero-order chi connectivity index (χ0) is 26.7. The third-order valence-electron chi connectivity index (χ3n) is 6.47. The maximum atomic E-state index is 14.7. The van der Waals surface area contributed by atoms with Gasteiger partial charge in [0, 0.05) is 43.4 Å². The molecular weight excluding hydrogens is 477 g/mol. The topological polar surface area (TPSA) is 108 Å². The van der Waals surface area contributed by atoms with Crippen LogP contribution in [0.5, 0.6) is 0 Å². The Morgan fingerprint density at radius 2 is 2.05 bits per heavy atom. The maximum Gasteiger partial charge on any atom is 0.410 e. The highest BCUT2D eigenvalue weighted by molar-refractivity contribution is 5.95. The molecule has 198 valence electrons. The van der Waals surface area contributed by atoms with Crippen LogP contribution in [-0.4, -0.2) is 78.1 Å². The number of likely N-dealkylation sites (tertiary alicyclic amines) is 1. The van der Waals surface area contributed by atoms with Gasteiger partial charge in [-0.1, -0.05) is 0 Å². The predicted molar refractivity (Wildman–Crippen MR) is 137 cm³/mol. The van der Waals surface area contributed by atoms with E-state index in [1.807, 2.05) is 25.1 Å². The molecule has 2 aromatic rings. The molecule has 1 aromatic carbocycles. The van der Waals surface area contributed by atoms with Gasteiger partial charge in [-0.3, -0.25) is 9.78 Å². The summed E-state index contributed by atoms with van der Waals surface area (Å²) < 4.78 is 26.1. The van der Waals surface area contributed by atoms with Gasteiger partial charge in [0.05, 0.1) is 35.8 Å². The average Bonchev–Trinajstić information content (AvgIpc) is 2.83. The van der Waals surface area contributed by atoms with Gasteiger partial charge in [-0.15, -0.1) is 0 Å². The van der Waals surface area contributed by atoms with Crippen LogP contribution in [0.2, 0.25) is 0 Å². The number of nitrogens with one attached hydrogen (secondary N) is 1. The number of hydrogen-bond donors (Lipinski definition) is 1. The summed E-state index contributed by atoms with van der Waals surface area (Å²) >= 11 is 0. The number of fused-ring (bicyclic) bond motifs is 1. The molecular formula is C27H34FN5O4. The number of pyridine rings is 1. The number of carbonyl (C=O) groups is 2. The molecule has 0 aliphatic carbocycles. The number of carbonyl (C=O) groups excluding carboxylic acids is 2. The van der Waals surface area contributed by atoms with E-state index in [0.717, 1.165) is 11.1 Å². The second kappa shape index (κ2) is 10.9. The number of nitrogens with zero attached hydrogens (tertiary/aromatic N) is 4. The van der Waals surface area contributed by atoms with Gasteiger partial charge in [-0.25, -0.2) is 9.18 Å². The summed E-state index contributed by atoms with van der Waals surface area (Å²) in [7, 11) is 0. The van der Waals surface area contributed by atoms with Crippen molar-refractivity contribution in [2.45, 2.75) is 70.6 Å². The number of amides is 2. The van der Waals surface area contributed by atoms with Crippen LogP contribution < -0.4 is 10.2 Å². The van der Waals surface area contributed by atoms with Gasteiger partial charge < -0.3 is 24.6 Å². The van der Waals surface area contributed by atoms with E-state index in [0.29, 0.717) is 24.2 Å². The molecule has 1 N–H and O–H groups in total. The molecule has 2 fully saturated rings. The molecule has 0 saturated carbocycles. The molecule has 3 heterocycles. The molecule has 1 aromatic heterocycles. The largest absolute Gasteiger partial charge is 0.444 e. The number of ether oxygens (including phenoxy) is 2. The fraction of sp³-hybridized carbons (Fsp3) is 0.556. The first-order valence-corrected chi connectivity index (χ1v) is 12.6. The number of nitriles is 1. The monoisotopic (exact) mass is 511 g/mol. The van der Waals surface area contributed by atoms with Crippen LogP contribution in [0.4, 0.5) is 14.9 Å². The molecule has 2 aliphatic rings. The van der Waals surface area contributed by atoms with E-state index in [4.69, 9.17) is 9.47 Å². The lowest BCUT2D eigenvalue weighted by atomic mass is 10.0. The minimum absolute atomic E-state index is 0.0557. The molecule has 0 spiro atoms. The van der Waals surface area contributed by atoms with Crippen molar-refractivity contribution in [3.8, 4) is 6.07 Å². The number of piperidine rings is 1. The first-order valence-electron chi connectivity index (χ1n) is 12.6. The molecule has 2 saturated heterocycles. The lowest BCUT2D eigenvalue weighted by Gasteiger charge is -2.39. The highest BCUT2D eigenvalue weighted by Crippen LogP contribution is 2.30. The van der Waals surface area contributed by atoms with Crippen LogP contribution in [0.25, 0.3) is 10.9 Å². The summed E-state index contributed by atoms with van der Waals surface area (Å²) in [6.07, 6.45) is -0.451. The van der Waals surface area contributed by atoms with E-state index in [-0.39, 0.29) is 37.9 Å². The second-order valence-electron chi connectivity index (χ2n) is 10.7. The number of alkyl halides is 1. The Bertz CT molecular complexity index is 1190. The Balaban J connectivity index is 1.41. The maximum absolute atomic E-state index is 14.7. The highest BCUT2D eigenvalue weighted by atomic mass is 19.1. The summed E-state index contributed by atoms with van der Waals surface area (Å²) in [6.45, 7) is 8.65. The number of halogens is 1. The summed E-state index contributed by atoms with van der Waals surface area (Å²) in [5.74, 6) is -0.330. The molecule has 2 amide bonds. The number of morpholine rings is 1. The SMILES string of the molecule is CC1CN(c2ccc(C#N)c3ncccc23)CC(CC(=O)N[C@@H]2CN(C(=O)OC(C)(C)C)CC[C@@H]2F)O1. The molecule has 10 heteroatoms. The number of hydrogen-bond acceptors (Lipinski definition) is 7. The third-order valence-corrected chi connectivity index (χ3v) is 6.47. The van der Waals surface area contributed by atoms with Crippen LogP contribution in [0.1, 0.15) is 46.1 Å². The standard InChI is InChI=1S/C27H34FN5O4/c1-17-14-33(23-8-7-18(13-29)25-20(23)6-5-10-30-25)15-19(36-17)12-24(34)31-22-16-32(11-9-21(22)28)26(35)37-27(2,3)4/h5-8,10,17,19,21-22H,9,11-12,14-16H2,1-4H3,(H,31,34)/t17?,19?,21-,22+/m0/s1. The number of rotatable bonds is 4. The van der Waals surface area contributed by atoms with Gasteiger partial charge in [-0.05, 0) is 58.4 Å². The summed E-state index contributed by atoms with van der Waals surface area (Å²) in [5, 5.41) is 13.1. The van der Waals surface area contributed by atoms with E-state index < -0.39 is 30.0 Å². The normalized spacial score (nSPS) is 24.4. The van der Waals surface area contributed by atoms with Gasteiger partial charge in [0.25, 0.3) is 0 Å². The van der Waals surface area contributed by atoms with E-state index in [1.54, 1.807) is 33.0 Å². The van der Waals surface area contributed by atoms with Gasteiger partial charge in [-0.2, -0.15) is 5.26 Å². The molecule has 0 radical (unpaired) electrons. The van der Waals surface area contributed by atoms with E-state index in [9.17, 15) is 19.2 Å². The zero-order valence-corrected chi connectivity index (χ0v) is 21.7. The van der Waals surface area contributed by atoms with Crippen molar-refractivity contribution in [3.63, 3.8) is 0 Å². The van der Waals surface area contributed by atoms with Crippen molar-refractivity contribution in [2.24, 2.45) is 0 Å². The predicted octanol–water partition coefficient (Wildman–Crippen LogP) is 3.55. The van der Waals surface area contributed by atoms with Gasteiger partial charge in [0.1, 0.15) is 17.8 Å². The molecule has 2 aliphatic heterocycles. The van der Waals surface area contributed by atoms with Crippen molar-refractivity contribution < 1.29 is 23.5 Å². The van der Waals surface area contributed by atoms with Crippen LogP contribution in [0, 0.1) is 11.3 Å². The van der Waals surface area contributed by atoms with E-state index in [1.165, 1.54) is 4.90 Å². The van der Waals surface area contributed by atoms with Crippen molar-refractivity contribution in [3.05, 3.63) is 36.0 Å². The van der Waals surface area contributed by atoms with Crippen LogP contribution in [0.3, 0.4) is 0 Å². The lowest BCUT2D eigenvalue weighted by Crippen LogP contribution is -2.56. The third kappa shape index (κ3) is 6.46. The Morgan fingerprint density at radius 1 is 1.27 bits per heavy atom. The number of benzene rings is 1. The van der Waals surface area contributed by atoms with Gasteiger partial charge >= 0.3 is 6.09 Å². The highest BCUT2D eigenvalue weighted by Gasteiger charge is 2.35. The summed E-state index contributed by atoms with van der Waals surface area (Å²) in [5.41, 5.74) is 1.41. The molecule has 37 heavy (non-hydrogen) atoms. The molecule has 0 bridgehead atoms. The van der Waals surface area contributed by atoms with Crippen LogP contribution in [-0.2, 0) is 14.3 Å². The molecule has 9 nitrogen and oxygen atoms in total. The van der Waals surface area contributed by atoms with Gasteiger partial charge in [0.15, 0.2) is 0 Å². The Hall–Kier alpha value is -3.45. The Kier molecular flexibility index (Phi) is 7.83. The van der Waals surface area contributed by atoms with E-state index >= 15 is 0 Å². The van der Waals surface area contributed by atoms with Crippen molar-refractivity contribution in [2.75, 3.05) is 31.1 Å². The quantitative estimate of drug-likeness (QED) is 0.669. The van der Waals surface area contributed by atoms with Gasteiger partial charge in [0.2, 0.25) is 5.91 Å². The summed E-state index contributed by atoms with van der Waals surface area (Å²) in [4.78, 5) is 33.3. The lowest BCUT2D eigenvalue weighted by molar-refractivity contribution is -0.127. The minimum atomic E-state index is -1.25.